The van der Waals surface area contributed by atoms with Crippen LogP contribution < -0.4 is 5.32 Å². The van der Waals surface area contributed by atoms with E-state index in [9.17, 15) is 14.4 Å². The van der Waals surface area contributed by atoms with Crippen molar-refractivity contribution in [3.63, 3.8) is 0 Å². The zero-order chi connectivity index (χ0) is 17.3. The van der Waals surface area contributed by atoms with Gasteiger partial charge in [0.25, 0.3) is 5.79 Å². The zero-order valence-electron chi connectivity index (χ0n) is 12.6. The minimum absolute atomic E-state index is 0.192. The van der Waals surface area contributed by atoms with Crippen LogP contribution in [0, 0.1) is 5.92 Å². The van der Waals surface area contributed by atoms with Gasteiger partial charge in [0, 0.05) is 17.9 Å². The average molecular weight is 372 g/mol. The highest BCUT2D eigenvalue weighted by molar-refractivity contribution is 6.37. The molecular formula is C16H15Cl2NO5. The molecule has 2 aliphatic rings. The number of carbonyl (C=O) groups excluding carboxylic acids is 3. The van der Waals surface area contributed by atoms with E-state index in [1.807, 2.05) is 0 Å². The lowest BCUT2D eigenvalue weighted by Gasteiger charge is -2.40. The van der Waals surface area contributed by atoms with Crippen molar-refractivity contribution in [3.8, 4) is 0 Å². The summed E-state index contributed by atoms with van der Waals surface area (Å²) in [6.45, 7) is 0. The van der Waals surface area contributed by atoms with Crippen LogP contribution in [0.1, 0.15) is 32.1 Å². The second kappa shape index (κ2) is 6.61. The summed E-state index contributed by atoms with van der Waals surface area (Å²) in [5, 5.41) is 3.02. The molecule has 3 rings (SSSR count). The summed E-state index contributed by atoms with van der Waals surface area (Å²) >= 11 is 11.8. The zero-order valence-corrected chi connectivity index (χ0v) is 14.2. The Balaban J connectivity index is 1.73. The van der Waals surface area contributed by atoms with E-state index in [-0.39, 0.29) is 10.7 Å². The first-order chi connectivity index (χ1) is 11.4. The fourth-order valence-electron chi connectivity index (χ4n) is 2.91. The molecule has 2 fully saturated rings. The number of ether oxygens (including phenoxy) is 2. The number of halogens is 2. The number of benzene rings is 1. The Morgan fingerprint density at radius 1 is 1.08 bits per heavy atom. The first-order valence-corrected chi connectivity index (χ1v) is 8.37. The molecule has 24 heavy (non-hydrogen) atoms. The predicted molar refractivity (Wildman–Crippen MR) is 86.6 cm³/mol. The predicted octanol–water partition coefficient (Wildman–Crippen LogP) is 3.31. The Hall–Kier alpha value is -1.79. The highest BCUT2D eigenvalue weighted by Gasteiger charge is 2.52. The highest BCUT2D eigenvalue weighted by atomic mass is 35.5. The van der Waals surface area contributed by atoms with Gasteiger partial charge in [0.1, 0.15) is 0 Å². The maximum absolute atomic E-state index is 12.3. The Kier molecular flexibility index (Phi) is 4.69. The molecule has 128 valence electrons. The van der Waals surface area contributed by atoms with Gasteiger partial charge in [0.05, 0.1) is 10.7 Å². The molecule has 1 heterocycles. The van der Waals surface area contributed by atoms with E-state index >= 15 is 0 Å². The summed E-state index contributed by atoms with van der Waals surface area (Å²) < 4.78 is 10.6. The van der Waals surface area contributed by atoms with Crippen LogP contribution in [0.25, 0.3) is 0 Å². The molecule has 6 nitrogen and oxygen atoms in total. The highest BCUT2D eigenvalue weighted by Crippen LogP contribution is 2.37. The number of rotatable bonds is 2. The van der Waals surface area contributed by atoms with Crippen LogP contribution in [-0.4, -0.2) is 23.6 Å². The van der Waals surface area contributed by atoms with Gasteiger partial charge >= 0.3 is 11.9 Å². The summed E-state index contributed by atoms with van der Waals surface area (Å²) in [5.74, 6) is -5.50. The monoisotopic (exact) mass is 371 g/mol. The fourth-order valence-corrected chi connectivity index (χ4v) is 3.36. The lowest BCUT2D eigenvalue weighted by molar-refractivity contribution is -0.258. The van der Waals surface area contributed by atoms with Gasteiger partial charge in [-0.25, -0.2) is 0 Å². The average Bonchev–Trinajstić information content (AvgIpc) is 2.50. The molecule has 1 N–H and O–H groups in total. The first kappa shape index (κ1) is 17.0. The van der Waals surface area contributed by atoms with Crippen molar-refractivity contribution >= 4 is 46.7 Å². The van der Waals surface area contributed by atoms with Gasteiger partial charge < -0.3 is 14.8 Å². The van der Waals surface area contributed by atoms with Gasteiger partial charge in [-0.3, -0.25) is 14.4 Å². The Morgan fingerprint density at radius 2 is 1.71 bits per heavy atom. The molecule has 1 saturated heterocycles. The van der Waals surface area contributed by atoms with Crippen LogP contribution in [0.4, 0.5) is 5.69 Å². The van der Waals surface area contributed by atoms with Crippen molar-refractivity contribution in [3.05, 3.63) is 28.2 Å². The van der Waals surface area contributed by atoms with Crippen molar-refractivity contribution in [2.75, 3.05) is 5.32 Å². The smallest absolute Gasteiger partial charge is 0.333 e. The van der Waals surface area contributed by atoms with Crippen LogP contribution in [0.5, 0.6) is 0 Å². The SMILES string of the molecule is O=C(Nc1ccc(Cl)cc1Cl)C1C(=O)OC2(CCCCC2)OC1=O. The summed E-state index contributed by atoms with van der Waals surface area (Å²) in [6.07, 6.45) is 3.52. The van der Waals surface area contributed by atoms with Crippen molar-refractivity contribution in [1.29, 1.82) is 0 Å². The van der Waals surface area contributed by atoms with Crippen molar-refractivity contribution < 1.29 is 23.9 Å². The standard InChI is InChI=1S/C16H15Cl2NO5/c17-9-4-5-11(10(18)8-9)19-13(20)12-14(21)23-16(24-15(12)22)6-2-1-3-7-16/h4-5,8,12H,1-3,6-7H2,(H,19,20). The molecule has 8 heteroatoms. The Bertz CT molecular complexity index is 680. The van der Waals surface area contributed by atoms with Crippen LogP contribution in [-0.2, 0) is 23.9 Å². The number of anilines is 1. The van der Waals surface area contributed by atoms with E-state index in [1.54, 1.807) is 0 Å². The third kappa shape index (κ3) is 3.35. The minimum atomic E-state index is -1.66. The summed E-state index contributed by atoms with van der Waals surface area (Å²) in [7, 11) is 0. The molecule has 0 atom stereocenters. The number of carbonyl (C=O) groups is 3. The molecule has 1 spiro atoms. The maximum atomic E-state index is 12.3. The second-order valence-corrected chi connectivity index (χ2v) is 6.70. The fraction of sp³-hybridized carbons (Fsp3) is 0.438. The lowest BCUT2D eigenvalue weighted by atomic mass is 9.92. The largest absolute Gasteiger partial charge is 0.421 e. The quantitative estimate of drug-likeness (QED) is 0.636. The van der Waals surface area contributed by atoms with Gasteiger partial charge in [-0.15, -0.1) is 0 Å². The van der Waals surface area contributed by atoms with Crippen LogP contribution in [0.3, 0.4) is 0 Å². The molecular weight excluding hydrogens is 357 g/mol. The topological polar surface area (TPSA) is 81.7 Å². The molecule has 1 aliphatic heterocycles. The van der Waals surface area contributed by atoms with E-state index in [4.69, 9.17) is 32.7 Å². The molecule has 1 amide bonds. The summed E-state index contributed by atoms with van der Waals surface area (Å²) in [5.41, 5.74) is 0.240. The molecule has 0 unspecified atom stereocenters. The van der Waals surface area contributed by atoms with Gasteiger partial charge in [-0.1, -0.05) is 29.6 Å². The van der Waals surface area contributed by atoms with Gasteiger partial charge in [-0.05, 0) is 31.0 Å². The lowest BCUT2D eigenvalue weighted by Crippen LogP contribution is -2.53. The van der Waals surface area contributed by atoms with E-state index in [0.717, 1.165) is 19.3 Å². The first-order valence-electron chi connectivity index (χ1n) is 7.62. The van der Waals surface area contributed by atoms with Crippen LogP contribution in [0.15, 0.2) is 18.2 Å². The second-order valence-electron chi connectivity index (χ2n) is 5.86. The molecule has 1 aromatic rings. The number of nitrogens with one attached hydrogen (secondary N) is 1. The van der Waals surface area contributed by atoms with E-state index in [0.29, 0.717) is 17.9 Å². The number of hydrogen-bond donors (Lipinski definition) is 1. The molecule has 1 saturated carbocycles. The summed E-state index contributed by atoms with van der Waals surface area (Å²) in [6, 6.07) is 4.44. The Morgan fingerprint density at radius 3 is 2.29 bits per heavy atom. The number of esters is 2. The van der Waals surface area contributed by atoms with Gasteiger partial charge in [0.15, 0.2) is 0 Å². The molecule has 1 aromatic carbocycles. The number of hydrogen-bond acceptors (Lipinski definition) is 5. The third-order valence-electron chi connectivity index (χ3n) is 4.11. The van der Waals surface area contributed by atoms with Crippen LogP contribution in [0.2, 0.25) is 10.0 Å². The minimum Gasteiger partial charge on any atom is -0.421 e. The van der Waals surface area contributed by atoms with E-state index in [2.05, 4.69) is 5.32 Å². The van der Waals surface area contributed by atoms with Crippen molar-refractivity contribution in [2.45, 2.75) is 37.9 Å². The molecule has 0 aromatic heterocycles. The molecule has 0 bridgehead atoms. The molecule has 1 aliphatic carbocycles. The van der Waals surface area contributed by atoms with E-state index in [1.165, 1.54) is 18.2 Å². The molecule has 0 radical (unpaired) electrons. The normalized spacial score (nSPS) is 20.4. The van der Waals surface area contributed by atoms with Crippen LogP contribution >= 0.6 is 23.2 Å². The van der Waals surface area contributed by atoms with Gasteiger partial charge in [-0.2, -0.15) is 0 Å². The number of amides is 1. The van der Waals surface area contributed by atoms with Gasteiger partial charge in [0.2, 0.25) is 11.8 Å². The van der Waals surface area contributed by atoms with E-state index < -0.39 is 29.6 Å². The summed E-state index contributed by atoms with van der Waals surface area (Å²) in [4.78, 5) is 36.7. The van der Waals surface area contributed by atoms with Crippen molar-refractivity contribution in [2.24, 2.45) is 5.92 Å². The van der Waals surface area contributed by atoms with Crippen molar-refractivity contribution in [1.82, 2.24) is 0 Å². The third-order valence-corrected chi connectivity index (χ3v) is 4.66. The maximum Gasteiger partial charge on any atom is 0.333 e. The Labute approximate surface area is 148 Å².